The highest BCUT2D eigenvalue weighted by atomic mass is 32.2. The molecule has 1 atom stereocenters. The van der Waals surface area contributed by atoms with E-state index < -0.39 is 15.8 Å². The van der Waals surface area contributed by atoms with Crippen LogP contribution in [0.4, 0.5) is 4.79 Å². The highest BCUT2D eigenvalue weighted by Gasteiger charge is 2.40. The largest absolute Gasteiger partial charge is 0.481 e. The number of nitrogens with one attached hydrogen (secondary N) is 1. The highest BCUT2D eigenvalue weighted by molar-refractivity contribution is 7.91. The molecular formula is C13H22N2O5S. The molecule has 1 saturated heterocycles. The smallest absolute Gasteiger partial charge is 0.317 e. The molecule has 1 aliphatic heterocycles. The molecule has 2 fully saturated rings. The fourth-order valence-electron chi connectivity index (χ4n) is 3.05. The summed E-state index contributed by atoms with van der Waals surface area (Å²) >= 11 is 0. The monoisotopic (exact) mass is 318 g/mol. The molecule has 2 aliphatic rings. The van der Waals surface area contributed by atoms with E-state index in [-0.39, 0.29) is 35.4 Å². The lowest BCUT2D eigenvalue weighted by atomic mass is 9.66. The van der Waals surface area contributed by atoms with Crippen molar-refractivity contribution in [3.8, 4) is 0 Å². The van der Waals surface area contributed by atoms with E-state index in [1.807, 2.05) is 0 Å². The maximum atomic E-state index is 12.1. The Labute approximate surface area is 124 Å². The third kappa shape index (κ3) is 3.87. The van der Waals surface area contributed by atoms with E-state index in [2.05, 4.69) is 5.32 Å². The summed E-state index contributed by atoms with van der Waals surface area (Å²) in [5.41, 5.74) is -0.329. The number of urea groups is 1. The summed E-state index contributed by atoms with van der Waals surface area (Å²) in [5, 5.41) is 11.7. The molecule has 7 nitrogen and oxygen atoms in total. The minimum Gasteiger partial charge on any atom is -0.481 e. The van der Waals surface area contributed by atoms with Crippen molar-refractivity contribution < 1.29 is 23.1 Å². The molecule has 0 aromatic heterocycles. The second-order valence-corrected chi connectivity index (χ2v) is 8.48. The van der Waals surface area contributed by atoms with Gasteiger partial charge in [0.2, 0.25) is 0 Å². The van der Waals surface area contributed by atoms with Gasteiger partial charge in [-0.3, -0.25) is 4.79 Å². The molecule has 1 saturated carbocycles. The van der Waals surface area contributed by atoms with Crippen molar-refractivity contribution in [2.75, 3.05) is 25.1 Å². The maximum Gasteiger partial charge on any atom is 0.317 e. The predicted molar refractivity (Wildman–Crippen MR) is 76.8 cm³/mol. The summed E-state index contributed by atoms with van der Waals surface area (Å²) in [6.07, 6.45) is 3.13. The zero-order chi connectivity index (χ0) is 15.7. The number of hydrogen-bond donors (Lipinski definition) is 2. The van der Waals surface area contributed by atoms with E-state index in [0.29, 0.717) is 13.0 Å². The van der Waals surface area contributed by atoms with Crippen LogP contribution in [-0.2, 0) is 14.6 Å². The number of sulfone groups is 1. The van der Waals surface area contributed by atoms with Crippen LogP contribution < -0.4 is 5.32 Å². The van der Waals surface area contributed by atoms with E-state index in [4.69, 9.17) is 5.11 Å². The van der Waals surface area contributed by atoms with Crippen LogP contribution in [0.5, 0.6) is 0 Å². The Hall–Kier alpha value is -1.31. The van der Waals surface area contributed by atoms with Gasteiger partial charge in [0, 0.05) is 19.6 Å². The van der Waals surface area contributed by atoms with Crippen LogP contribution in [-0.4, -0.2) is 61.6 Å². The van der Waals surface area contributed by atoms with E-state index in [9.17, 15) is 18.0 Å². The summed E-state index contributed by atoms with van der Waals surface area (Å²) in [4.78, 5) is 24.4. The molecular weight excluding hydrogens is 296 g/mol. The zero-order valence-corrected chi connectivity index (χ0v) is 13.0. The van der Waals surface area contributed by atoms with Crippen LogP contribution in [0.25, 0.3) is 0 Å². The molecule has 0 aromatic carbocycles. The second-order valence-electron chi connectivity index (χ2n) is 6.25. The molecule has 0 bridgehead atoms. The van der Waals surface area contributed by atoms with E-state index in [0.717, 1.165) is 19.3 Å². The third-order valence-corrected chi connectivity index (χ3v) is 6.38. The minimum absolute atomic E-state index is 0.0111. The zero-order valence-electron chi connectivity index (χ0n) is 12.2. The van der Waals surface area contributed by atoms with Crippen LogP contribution in [0.15, 0.2) is 0 Å². The molecule has 2 N–H and O–H groups in total. The van der Waals surface area contributed by atoms with E-state index in [1.165, 1.54) is 4.90 Å². The van der Waals surface area contributed by atoms with Crippen molar-refractivity contribution in [3.05, 3.63) is 0 Å². The van der Waals surface area contributed by atoms with E-state index in [1.54, 1.807) is 7.05 Å². The van der Waals surface area contributed by atoms with Crippen LogP contribution >= 0.6 is 0 Å². The van der Waals surface area contributed by atoms with Crippen LogP contribution in [0.2, 0.25) is 0 Å². The first kappa shape index (κ1) is 16.1. The summed E-state index contributed by atoms with van der Waals surface area (Å²) in [7, 11) is -1.44. The normalized spacial score (nSPS) is 25.9. The minimum atomic E-state index is -3.03. The van der Waals surface area contributed by atoms with Gasteiger partial charge >= 0.3 is 12.0 Å². The van der Waals surface area contributed by atoms with Crippen molar-refractivity contribution in [2.24, 2.45) is 5.41 Å². The highest BCUT2D eigenvalue weighted by Crippen LogP contribution is 2.43. The number of carboxylic acids is 1. The Balaban J connectivity index is 1.85. The van der Waals surface area contributed by atoms with Crippen LogP contribution in [0.1, 0.15) is 32.1 Å². The lowest BCUT2D eigenvalue weighted by Crippen LogP contribution is -2.49. The first-order chi connectivity index (χ1) is 9.73. The maximum absolute atomic E-state index is 12.1. The molecule has 0 spiro atoms. The Morgan fingerprint density at radius 2 is 2.05 bits per heavy atom. The van der Waals surface area contributed by atoms with Gasteiger partial charge in [-0.1, -0.05) is 6.42 Å². The predicted octanol–water partition coefficient (Wildman–Crippen LogP) is 0.460. The molecule has 8 heteroatoms. The van der Waals surface area contributed by atoms with Gasteiger partial charge in [-0.2, -0.15) is 0 Å². The molecule has 0 radical (unpaired) electrons. The van der Waals surface area contributed by atoms with Gasteiger partial charge in [-0.05, 0) is 24.7 Å². The van der Waals surface area contributed by atoms with Crippen LogP contribution in [0, 0.1) is 5.41 Å². The van der Waals surface area contributed by atoms with Crippen molar-refractivity contribution in [2.45, 2.75) is 38.1 Å². The SMILES string of the molecule is CN(C(=O)NCC1(CC(=O)O)CCC1)C1CCS(=O)(=O)C1. The van der Waals surface area contributed by atoms with Crippen molar-refractivity contribution in [1.29, 1.82) is 0 Å². The fourth-order valence-corrected chi connectivity index (χ4v) is 4.82. The van der Waals surface area contributed by atoms with Crippen LogP contribution in [0.3, 0.4) is 0 Å². The Morgan fingerprint density at radius 3 is 2.48 bits per heavy atom. The van der Waals surface area contributed by atoms with Gasteiger partial charge in [-0.25, -0.2) is 13.2 Å². The standard InChI is InChI=1S/C13H22N2O5S/c1-15(10-3-6-21(19,20)8-10)12(18)14-9-13(4-2-5-13)7-11(16)17/h10H,2-9H2,1H3,(H,14,18)(H,16,17). The fraction of sp³-hybridized carbons (Fsp3) is 0.846. The average Bonchev–Trinajstić information content (AvgIpc) is 2.71. The Kier molecular flexibility index (Phi) is 4.46. The second kappa shape index (κ2) is 5.82. The van der Waals surface area contributed by atoms with Gasteiger partial charge in [-0.15, -0.1) is 0 Å². The molecule has 120 valence electrons. The molecule has 0 aromatic rings. The number of rotatable bonds is 5. The number of carbonyl (C=O) groups excluding carboxylic acids is 1. The van der Waals surface area contributed by atoms with Gasteiger partial charge in [0.1, 0.15) is 0 Å². The number of hydrogen-bond acceptors (Lipinski definition) is 4. The topological polar surface area (TPSA) is 104 Å². The molecule has 1 unspecified atom stereocenters. The van der Waals surface area contributed by atoms with Gasteiger partial charge in [0.15, 0.2) is 9.84 Å². The quantitative estimate of drug-likeness (QED) is 0.766. The number of amides is 2. The summed E-state index contributed by atoms with van der Waals surface area (Å²) in [6.45, 7) is 0.335. The molecule has 21 heavy (non-hydrogen) atoms. The third-order valence-electron chi connectivity index (χ3n) is 4.63. The lowest BCUT2D eigenvalue weighted by molar-refractivity contribution is -0.141. The summed E-state index contributed by atoms with van der Waals surface area (Å²) < 4.78 is 22.9. The van der Waals surface area contributed by atoms with Crippen molar-refractivity contribution in [1.82, 2.24) is 10.2 Å². The summed E-state index contributed by atoms with van der Waals surface area (Å²) in [6, 6.07) is -0.611. The Bertz CT molecular complexity index is 527. The Morgan fingerprint density at radius 1 is 1.38 bits per heavy atom. The number of aliphatic carboxylic acids is 1. The molecule has 1 aliphatic carbocycles. The molecule has 2 amide bonds. The first-order valence-corrected chi connectivity index (χ1v) is 8.98. The van der Waals surface area contributed by atoms with Gasteiger partial charge in [0.05, 0.1) is 17.9 Å². The lowest BCUT2D eigenvalue weighted by Gasteiger charge is -2.41. The first-order valence-electron chi connectivity index (χ1n) is 7.16. The number of nitrogens with zero attached hydrogens (tertiary/aromatic N) is 1. The van der Waals surface area contributed by atoms with Gasteiger partial charge < -0.3 is 15.3 Å². The van der Waals surface area contributed by atoms with E-state index >= 15 is 0 Å². The summed E-state index contributed by atoms with van der Waals surface area (Å²) in [5.74, 6) is -0.714. The molecule has 1 heterocycles. The van der Waals surface area contributed by atoms with Crippen molar-refractivity contribution >= 4 is 21.8 Å². The number of carboxylic acid groups (broad SMARTS) is 1. The van der Waals surface area contributed by atoms with Gasteiger partial charge in [0.25, 0.3) is 0 Å². The molecule has 2 rings (SSSR count). The van der Waals surface area contributed by atoms with Crippen molar-refractivity contribution in [3.63, 3.8) is 0 Å². The number of carbonyl (C=O) groups is 2. The average molecular weight is 318 g/mol.